The zero-order chi connectivity index (χ0) is 18.5. The summed E-state index contributed by atoms with van der Waals surface area (Å²) in [6.07, 6.45) is 1.27. The van der Waals surface area contributed by atoms with Crippen LogP contribution in [0.5, 0.6) is 5.75 Å². The maximum atomic E-state index is 12.4. The molecule has 3 aromatic rings. The number of ether oxygens (including phenoxy) is 1. The molecular weight excluding hydrogens is 350 g/mol. The van der Waals surface area contributed by atoms with E-state index in [1.54, 1.807) is 31.4 Å². The van der Waals surface area contributed by atoms with Crippen LogP contribution in [-0.4, -0.2) is 23.9 Å². The van der Waals surface area contributed by atoms with Crippen molar-refractivity contribution in [3.63, 3.8) is 0 Å². The Kier molecular flexibility index (Phi) is 5.48. The molecule has 3 rings (SSSR count). The van der Waals surface area contributed by atoms with Gasteiger partial charge in [0.15, 0.2) is 5.13 Å². The van der Waals surface area contributed by atoms with Gasteiger partial charge in [0.05, 0.1) is 17.3 Å². The van der Waals surface area contributed by atoms with E-state index in [0.29, 0.717) is 22.8 Å². The lowest BCUT2D eigenvalue weighted by atomic mass is 10.2. The monoisotopic (exact) mass is 369 g/mol. The van der Waals surface area contributed by atoms with E-state index in [1.165, 1.54) is 11.3 Å². The highest BCUT2D eigenvalue weighted by Crippen LogP contribution is 2.29. The van der Waals surface area contributed by atoms with Gasteiger partial charge in [0, 0.05) is 17.7 Å². The lowest BCUT2D eigenvalue weighted by molar-refractivity contribution is -0.116. The minimum atomic E-state index is -0.248. The number of carbonyl (C=O) groups is 2. The molecule has 1 aromatic heterocycles. The molecule has 26 heavy (non-hydrogen) atoms. The summed E-state index contributed by atoms with van der Waals surface area (Å²) in [6, 6.07) is 12.3. The standard InChI is InChI=1S/C19H19N3O3S/c1-3-4-17(23)20-13-7-5-12(6-8-13)18(24)22-19-21-15-10-9-14(25-2)11-16(15)26-19/h5-11H,3-4H2,1-2H3,(H,20,23)(H,21,22,24). The van der Waals surface area contributed by atoms with Crippen LogP contribution in [0.15, 0.2) is 42.5 Å². The quantitative estimate of drug-likeness (QED) is 0.679. The van der Waals surface area contributed by atoms with E-state index in [4.69, 9.17) is 4.74 Å². The number of benzene rings is 2. The van der Waals surface area contributed by atoms with E-state index in [-0.39, 0.29) is 11.8 Å². The first-order chi connectivity index (χ1) is 12.6. The van der Waals surface area contributed by atoms with Crippen LogP contribution < -0.4 is 15.4 Å². The Morgan fingerprint density at radius 3 is 2.58 bits per heavy atom. The summed E-state index contributed by atoms with van der Waals surface area (Å²) in [4.78, 5) is 28.4. The number of nitrogens with one attached hydrogen (secondary N) is 2. The lowest BCUT2D eigenvalue weighted by Crippen LogP contribution is -2.13. The average molecular weight is 369 g/mol. The molecule has 1 heterocycles. The van der Waals surface area contributed by atoms with Crippen molar-refractivity contribution in [3.8, 4) is 5.75 Å². The van der Waals surface area contributed by atoms with E-state index in [1.807, 2.05) is 25.1 Å². The first-order valence-electron chi connectivity index (χ1n) is 8.25. The second-order valence-corrected chi connectivity index (χ2v) is 6.71. The molecule has 0 bridgehead atoms. The maximum absolute atomic E-state index is 12.4. The molecule has 0 unspecified atom stereocenters. The zero-order valence-corrected chi connectivity index (χ0v) is 15.4. The molecule has 6 nitrogen and oxygen atoms in total. The molecule has 0 aliphatic rings. The van der Waals surface area contributed by atoms with Crippen LogP contribution in [0, 0.1) is 0 Å². The number of methoxy groups -OCH3 is 1. The Hall–Kier alpha value is -2.93. The third-order valence-electron chi connectivity index (χ3n) is 3.72. The molecule has 7 heteroatoms. The highest BCUT2D eigenvalue weighted by atomic mass is 32.1. The van der Waals surface area contributed by atoms with Crippen molar-refractivity contribution < 1.29 is 14.3 Å². The van der Waals surface area contributed by atoms with Gasteiger partial charge in [-0.2, -0.15) is 0 Å². The van der Waals surface area contributed by atoms with Gasteiger partial charge in [-0.15, -0.1) is 0 Å². The fraction of sp³-hybridized carbons (Fsp3) is 0.211. The second kappa shape index (κ2) is 7.97. The number of aromatic nitrogens is 1. The Bertz CT molecular complexity index is 935. The van der Waals surface area contributed by atoms with E-state index in [2.05, 4.69) is 15.6 Å². The van der Waals surface area contributed by atoms with Crippen molar-refractivity contribution in [1.29, 1.82) is 0 Å². The molecule has 0 aliphatic carbocycles. The fourth-order valence-electron chi connectivity index (χ4n) is 2.41. The summed E-state index contributed by atoms with van der Waals surface area (Å²) >= 11 is 1.39. The van der Waals surface area contributed by atoms with E-state index in [9.17, 15) is 9.59 Å². The predicted octanol–water partition coefficient (Wildman–Crippen LogP) is 4.30. The Morgan fingerprint density at radius 2 is 1.88 bits per heavy atom. The molecular formula is C19H19N3O3S. The molecule has 2 aromatic carbocycles. The zero-order valence-electron chi connectivity index (χ0n) is 14.5. The summed E-state index contributed by atoms with van der Waals surface area (Å²) in [5, 5.41) is 6.13. The Balaban J connectivity index is 1.68. The third-order valence-corrected chi connectivity index (χ3v) is 4.66. The number of rotatable bonds is 6. The highest BCUT2D eigenvalue weighted by molar-refractivity contribution is 7.22. The molecule has 0 spiro atoms. The summed E-state index contributed by atoms with van der Waals surface area (Å²) < 4.78 is 6.14. The second-order valence-electron chi connectivity index (χ2n) is 5.68. The topological polar surface area (TPSA) is 80.3 Å². The van der Waals surface area contributed by atoms with E-state index >= 15 is 0 Å². The summed E-state index contributed by atoms with van der Waals surface area (Å²) in [5.74, 6) is 0.469. The number of anilines is 2. The van der Waals surface area contributed by atoms with Crippen LogP contribution in [0.25, 0.3) is 10.2 Å². The van der Waals surface area contributed by atoms with Crippen LogP contribution in [-0.2, 0) is 4.79 Å². The smallest absolute Gasteiger partial charge is 0.257 e. The van der Waals surface area contributed by atoms with Gasteiger partial charge in [-0.3, -0.25) is 14.9 Å². The number of fused-ring (bicyclic) bond motifs is 1. The molecule has 0 aliphatic heterocycles. The molecule has 0 fully saturated rings. The van der Waals surface area contributed by atoms with Gasteiger partial charge in [0.1, 0.15) is 5.75 Å². The number of carbonyl (C=O) groups excluding carboxylic acids is 2. The first kappa shape index (κ1) is 17.9. The molecule has 2 N–H and O–H groups in total. The van der Waals surface area contributed by atoms with Crippen LogP contribution >= 0.6 is 11.3 Å². The molecule has 134 valence electrons. The summed E-state index contributed by atoms with van der Waals surface area (Å²) in [7, 11) is 1.61. The third kappa shape index (κ3) is 4.18. The number of hydrogen-bond acceptors (Lipinski definition) is 5. The van der Waals surface area contributed by atoms with Crippen molar-refractivity contribution in [2.24, 2.45) is 0 Å². The largest absolute Gasteiger partial charge is 0.497 e. The Labute approximate surface area is 155 Å². The van der Waals surface area contributed by atoms with Gasteiger partial charge >= 0.3 is 0 Å². The van der Waals surface area contributed by atoms with E-state index in [0.717, 1.165) is 22.4 Å². The lowest BCUT2D eigenvalue weighted by Gasteiger charge is -2.06. The summed E-state index contributed by atoms with van der Waals surface area (Å²) in [5.41, 5.74) is 1.97. The minimum absolute atomic E-state index is 0.0328. The van der Waals surface area contributed by atoms with Crippen molar-refractivity contribution in [1.82, 2.24) is 4.98 Å². The number of amides is 2. The normalized spacial score (nSPS) is 10.5. The number of nitrogens with zero attached hydrogens (tertiary/aromatic N) is 1. The Morgan fingerprint density at radius 1 is 1.12 bits per heavy atom. The van der Waals surface area contributed by atoms with Gasteiger partial charge in [0.2, 0.25) is 5.91 Å². The van der Waals surface area contributed by atoms with Gasteiger partial charge in [0.25, 0.3) is 5.91 Å². The molecule has 2 amide bonds. The first-order valence-corrected chi connectivity index (χ1v) is 9.06. The van der Waals surface area contributed by atoms with Gasteiger partial charge < -0.3 is 10.1 Å². The van der Waals surface area contributed by atoms with Crippen LogP contribution in [0.2, 0.25) is 0 Å². The molecule has 0 saturated heterocycles. The van der Waals surface area contributed by atoms with Crippen molar-refractivity contribution in [3.05, 3.63) is 48.0 Å². The molecule has 0 atom stereocenters. The van der Waals surface area contributed by atoms with Gasteiger partial charge in [-0.05, 0) is 48.9 Å². The predicted molar refractivity (Wildman–Crippen MR) is 104 cm³/mol. The van der Waals surface area contributed by atoms with Crippen LogP contribution in [0.4, 0.5) is 10.8 Å². The van der Waals surface area contributed by atoms with Crippen LogP contribution in [0.1, 0.15) is 30.1 Å². The van der Waals surface area contributed by atoms with Gasteiger partial charge in [-0.25, -0.2) is 4.98 Å². The van der Waals surface area contributed by atoms with Crippen molar-refractivity contribution in [2.45, 2.75) is 19.8 Å². The SMILES string of the molecule is CCCC(=O)Nc1ccc(C(=O)Nc2nc3ccc(OC)cc3s2)cc1. The van der Waals surface area contributed by atoms with Gasteiger partial charge in [-0.1, -0.05) is 18.3 Å². The number of thiazole rings is 1. The van der Waals surface area contributed by atoms with Crippen molar-refractivity contribution in [2.75, 3.05) is 17.7 Å². The van der Waals surface area contributed by atoms with Crippen LogP contribution in [0.3, 0.4) is 0 Å². The fourth-order valence-corrected chi connectivity index (χ4v) is 3.30. The molecule has 0 saturated carbocycles. The highest BCUT2D eigenvalue weighted by Gasteiger charge is 2.11. The summed E-state index contributed by atoms with van der Waals surface area (Å²) in [6.45, 7) is 1.95. The number of hydrogen-bond donors (Lipinski definition) is 2. The van der Waals surface area contributed by atoms with E-state index < -0.39 is 0 Å². The van der Waals surface area contributed by atoms with Crippen molar-refractivity contribution >= 4 is 44.2 Å². The maximum Gasteiger partial charge on any atom is 0.257 e. The molecule has 0 radical (unpaired) electrons. The average Bonchev–Trinajstić information content (AvgIpc) is 3.03. The minimum Gasteiger partial charge on any atom is -0.497 e.